The standard InChI is InChI=1S/C18H20N2O2S/c1-13-4-6-14(7-5-13)17(21)19-15-8-10-20(11-9-15)18(22)16-3-2-12-23-16/h2-7,12,15H,8-11H2,1H3,(H,19,21). The number of thiophene rings is 1. The van der Waals surface area contributed by atoms with Crippen LogP contribution in [-0.2, 0) is 0 Å². The molecule has 5 heteroatoms. The molecule has 2 aromatic rings. The number of carbonyl (C=O) groups is 2. The van der Waals surface area contributed by atoms with E-state index < -0.39 is 0 Å². The third kappa shape index (κ3) is 3.79. The van der Waals surface area contributed by atoms with Crippen molar-refractivity contribution >= 4 is 23.2 Å². The van der Waals surface area contributed by atoms with Crippen LogP contribution in [0.3, 0.4) is 0 Å². The summed E-state index contributed by atoms with van der Waals surface area (Å²) in [6.45, 7) is 3.38. The second-order valence-corrected chi connectivity index (χ2v) is 6.83. The molecule has 0 saturated carbocycles. The zero-order valence-corrected chi connectivity index (χ0v) is 13.9. The SMILES string of the molecule is Cc1ccc(C(=O)NC2CCN(C(=O)c3cccs3)CC2)cc1. The van der Waals surface area contributed by atoms with E-state index in [1.165, 1.54) is 11.3 Å². The maximum Gasteiger partial charge on any atom is 0.263 e. The number of aryl methyl sites for hydroxylation is 1. The molecule has 23 heavy (non-hydrogen) atoms. The molecule has 0 unspecified atom stereocenters. The fourth-order valence-corrected chi connectivity index (χ4v) is 3.45. The Hall–Kier alpha value is -2.14. The van der Waals surface area contributed by atoms with Gasteiger partial charge < -0.3 is 10.2 Å². The summed E-state index contributed by atoms with van der Waals surface area (Å²) in [6, 6.07) is 11.5. The van der Waals surface area contributed by atoms with Gasteiger partial charge in [-0.1, -0.05) is 23.8 Å². The van der Waals surface area contributed by atoms with E-state index in [1.807, 2.05) is 53.6 Å². The molecule has 4 nitrogen and oxygen atoms in total. The van der Waals surface area contributed by atoms with Crippen molar-refractivity contribution in [2.45, 2.75) is 25.8 Å². The lowest BCUT2D eigenvalue weighted by Crippen LogP contribution is -2.46. The van der Waals surface area contributed by atoms with Crippen LogP contribution in [-0.4, -0.2) is 35.8 Å². The molecule has 2 heterocycles. The van der Waals surface area contributed by atoms with E-state index in [-0.39, 0.29) is 17.9 Å². The number of likely N-dealkylation sites (tertiary alicyclic amines) is 1. The fraction of sp³-hybridized carbons (Fsp3) is 0.333. The van der Waals surface area contributed by atoms with Gasteiger partial charge in [-0.15, -0.1) is 11.3 Å². The highest BCUT2D eigenvalue weighted by Crippen LogP contribution is 2.17. The zero-order chi connectivity index (χ0) is 16.2. The van der Waals surface area contributed by atoms with Crippen molar-refractivity contribution in [3.8, 4) is 0 Å². The number of piperidine rings is 1. The third-order valence-electron chi connectivity index (χ3n) is 4.16. The number of nitrogens with zero attached hydrogens (tertiary/aromatic N) is 1. The maximum atomic E-state index is 12.3. The van der Waals surface area contributed by atoms with Crippen LogP contribution in [0.15, 0.2) is 41.8 Å². The van der Waals surface area contributed by atoms with Crippen molar-refractivity contribution in [3.05, 3.63) is 57.8 Å². The summed E-state index contributed by atoms with van der Waals surface area (Å²) in [5.41, 5.74) is 1.83. The lowest BCUT2D eigenvalue weighted by molar-refractivity contribution is 0.0703. The predicted molar refractivity (Wildman–Crippen MR) is 91.9 cm³/mol. The van der Waals surface area contributed by atoms with Crippen molar-refractivity contribution in [3.63, 3.8) is 0 Å². The number of carbonyl (C=O) groups excluding carboxylic acids is 2. The second kappa shape index (κ2) is 6.96. The molecule has 3 rings (SSSR count). The van der Waals surface area contributed by atoms with Gasteiger partial charge in [0.1, 0.15) is 0 Å². The zero-order valence-electron chi connectivity index (χ0n) is 13.1. The second-order valence-electron chi connectivity index (χ2n) is 5.88. The summed E-state index contributed by atoms with van der Waals surface area (Å²) in [6.07, 6.45) is 1.60. The van der Waals surface area contributed by atoms with Gasteiger partial charge in [-0.3, -0.25) is 9.59 Å². The quantitative estimate of drug-likeness (QED) is 0.941. The number of benzene rings is 1. The number of nitrogens with one attached hydrogen (secondary N) is 1. The third-order valence-corrected chi connectivity index (χ3v) is 5.02. The Morgan fingerprint density at radius 3 is 2.43 bits per heavy atom. The molecule has 1 aliphatic rings. The van der Waals surface area contributed by atoms with Crippen LogP contribution in [0.1, 0.15) is 38.4 Å². The molecule has 0 spiro atoms. The van der Waals surface area contributed by atoms with Gasteiger partial charge >= 0.3 is 0 Å². The van der Waals surface area contributed by atoms with Gasteiger partial charge in [0, 0.05) is 24.7 Å². The van der Waals surface area contributed by atoms with Crippen molar-refractivity contribution in [1.29, 1.82) is 0 Å². The van der Waals surface area contributed by atoms with Crippen LogP contribution in [0.4, 0.5) is 0 Å². The van der Waals surface area contributed by atoms with Crippen molar-refractivity contribution < 1.29 is 9.59 Å². The van der Waals surface area contributed by atoms with E-state index >= 15 is 0 Å². The average molecular weight is 328 g/mol. The first-order chi connectivity index (χ1) is 11.1. The fourth-order valence-electron chi connectivity index (χ4n) is 2.76. The minimum absolute atomic E-state index is 0.0342. The van der Waals surface area contributed by atoms with Crippen LogP contribution in [0.2, 0.25) is 0 Å². The lowest BCUT2D eigenvalue weighted by Gasteiger charge is -2.32. The molecule has 1 fully saturated rings. The minimum Gasteiger partial charge on any atom is -0.349 e. The van der Waals surface area contributed by atoms with Crippen LogP contribution < -0.4 is 5.32 Å². The van der Waals surface area contributed by atoms with Crippen LogP contribution in [0.5, 0.6) is 0 Å². The van der Waals surface area contributed by atoms with Gasteiger partial charge in [-0.2, -0.15) is 0 Å². The van der Waals surface area contributed by atoms with Crippen LogP contribution in [0.25, 0.3) is 0 Å². The molecule has 1 aliphatic heterocycles. The largest absolute Gasteiger partial charge is 0.349 e. The smallest absolute Gasteiger partial charge is 0.263 e. The first-order valence-corrected chi connectivity index (χ1v) is 8.72. The van der Waals surface area contributed by atoms with E-state index in [1.54, 1.807) is 0 Å². The van der Waals surface area contributed by atoms with Gasteiger partial charge in [-0.05, 0) is 43.3 Å². The molecular weight excluding hydrogens is 308 g/mol. The molecule has 1 aromatic carbocycles. The summed E-state index contributed by atoms with van der Waals surface area (Å²) < 4.78 is 0. The first kappa shape index (κ1) is 15.7. The van der Waals surface area contributed by atoms with Gasteiger partial charge in [0.2, 0.25) is 0 Å². The Labute approximate surface area is 140 Å². The molecule has 2 amide bonds. The maximum absolute atomic E-state index is 12.3. The predicted octanol–water partition coefficient (Wildman–Crippen LogP) is 3.09. The van der Waals surface area contributed by atoms with Gasteiger partial charge in [0.15, 0.2) is 0 Å². The Kier molecular flexibility index (Phi) is 4.76. The molecule has 1 N–H and O–H groups in total. The highest BCUT2D eigenvalue weighted by Gasteiger charge is 2.25. The minimum atomic E-state index is -0.0342. The van der Waals surface area contributed by atoms with E-state index in [0.29, 0.717) is 18.7 Å². The molecule has 120 valence electrons. The van der Waals surface area contributed by atoms with Crippen molar-refractivity contribution in [1.82, 2.24) is 10.2 Å². The summed E-state index contributed by atoms with van der Waals surface area (Å²) >= 11 is 1.47. The van der Waals surface area contributed by atoms with Crippen molar-refractivity contribution in [2.75, 3.05) is 13.1 Å². The summed E-state index contributed by atoms with van der Waals surface area (Å²) in [7, 11) is 0. The van der Waals surface area contributed by atoms with E-state index in [9.17, 15) is 9.59 Å². The van der Waals surface area contributed by atoms with E-state index in [4.69, 9.17) is 0 Å². The van der Waals surface area contributed by atoms with Gasteiger partial charge in [-0.25, -0.2) is 0 Å². The first-order valence-electron chi connectivity index (χ1n) is 7.84. The van der Waals surface area contributed by atoms with Crippen LogP contribution in [0, 0.1) is 6.92 Å². The summed E-state index contributed by atoms with van der Waals surface area (Å²) in [5.74, 6) is 0.0661. The van der Waals surface area contributed by atoms with Crippen molar-refractivity contribution in [2.24, 2.45) is 0 Å². The lowest BCUT2D eigenvalue weighted by atomic mass is 10.0. The molecule has 1 aromatic heterocycles. The number of rotatable bonds is 3. The molecule has 0 bridgehead atoms. The Bertz CT molecular complexity index is 672. The Balaban J connectivity index is 1.52. The average Bonchev–Trinajstić information content (AvgIpc) is 3.10. The monoisotopic (exact) mass is 328 g/mol. The van der Waals surface area contributed by atoms with E-state index in [2.05, 4.69) is 5.32 Å². The van der Waals surface area contributed by atoms with Gasteiger partial charge in [0.05, 0.1) is 4.88 Å². The van der Waals surface area contributed by atoms with E-state index in [0.717, 1.165) is 23.3 Å². The highest BCUT2D eigenvalue weighted by atomic mass is 32.1. The molecule has 0 atom stereocenters. The summed E-state index contributed by atoms with van der Waals surface area (Å²) in [5, 5.41) is 4.99. The molecule has 0 aliphatic carbocycles. The van der Waals surface area contributed by atoms with Crippen LogP contribution >= 0.6 is 11.3 Å². The number of hydrogen-bond acceptors (Lipinski definition) is 3. The Morgan fingerprint density at radius 2 is 1.83 bits per heavy atom. The Morgan fingerprint density at radius 1 is 1.13 bits per heavy atom. The highest BCUT2D eigenvalue weighted by molar-refractivity contribution is 7.12. The normalized spacial score (nSPS) is 15.4. The molecular formula is C18H20N2O2S. The summed E-state index contributed by atoms with van der Waals surface area (Å²) in [4.78, 5) is 27.2. The topological polar surface area (TPSA) is 49.4 Å². The molecule has 1 saturated heterocycles. The number of amides is 2. The van der Waals surface area contributed by atoms with Gasteiger partial charge in [0.25, 0.3) is 11.8 Å². The molecule has 0 radical (unpaired) electrons. The number of hydrogen-bond donors (Lipinski definition) is 1.